The SMILES string of the molecule is CCN(Cc1ccc(Br)s1)C(=O)C1(N)CCCCC1. The van der Waals surface area contributed by atoms with Gasteiger partial charge in [0.25, 0.3) is 0 Å². The first-order valence-electron chi connectivity index (χ1n) is 6.87. The van der Waals surface area contributed by atoms with E-state index in [-0.39, 0.29) is 5.91 Å². The van der Waals surface area contributed by atoms with Gasteiger partial charge in [-0.15, -0.1) is 11.3 Å². The highest BCUT2D eigenvalue weighted by Gasteiger charge is 2.37. The van der Waals surface area contributed by atoms with Crippen molar-refractivity contribution in [3.63, 3.8) is 0 Å². The van der Waals surface area contributed by atoms with Gasteiger partial charge in [0.05, 0.1) is 15.9 Å². The summed E-state index contributed by atoms with van der Waals surface area (Å²) in [5.41, 5.74) is 5.72. The lowest BCUT2D eigenvalue weighted by molar-refractivity contribution is -0.138. The lowest BCUT2D eigenvalue weighted by Gasteiger charge is -2.36. The number of nitrogens with zero attached hydrogens (tertiary/aromatic N) is 1. The maximum Gasteiger partial charge on any atom is 0.242 e. The maximum atomic E-state index is 12.7. The standard InChI is InChI=1S/C14H21BrN2OS/c1-2-17(10-11-6-7-12(15)19-11)13(18)14(16)8-4-3-5-9-14/h6-7H,2-5,8-10,16H2,1H3. The van der Waals surface area contributed by atoms with E-state index in [1.807, 2.05) is 17.9 Å². The Morgan fingerprint density at radius 2 is 2.11 bits per heavy atom. The van der Waals surface area contributed by atoms with Gasteiger partial charge in [-0.05, 0) is 47.8 Å². The van der Waals surface area contributed by atoms with E-state index in [0.717, 1.165) is 29.5 Å². The molecule has 0 unspecified atom stereocenters. The molecule has 0 saturated heterocycles. The lowest BCUT2D eigenvalue weighted by atomic mass is 9.81. The second-order valence-electron chi connectivity index (χ2n) is 5.24. The van der Waals surface area contributed by atoms with Gasteiger partial charge in [0.2, 0.25) is 5.91 Å². The number of rotatable bonds is 4. The Kier molecular flexibility index (Phi) is 5.03. The van der Waals surface area contributed by atoms with E-state index in [1.165, 1.54) is 11.3 Å². The molecular formula is C14H21BrN2OS. The van der Waals surface area contributed by atoms with Crippen LogP contribution in [0.25, 0.3) is 0 Å². The molecule has 1 saturated carbocycles. The highest BCUT2D eigenvalue weighted by atomic mass is 79.9. The molecule has 0 bridgehead atoms. The summed E-state index contributed by atoms with van der Waals surface area (Å²) >= 11 is 5.13. The summed E-state index contributed by atoms with van der Waals surface area (Å²) in [4.78, 5) is 15.7. The van der Waals surface area contributed by atoms with Crippen LogP contribution < -0.4 is 5.73 Å². The fourth-order valence-corrected chi connectivity index (χ4v) is 4.16. The van der Waals surface area contributed by atoms with Crippen LogP contribution >= 0.6 is 27.3 Å². The summed E-state index contributed by atoms with van der Waals surface area (Å²) in [5, 5.41) is 0. The molecule has 0 atom stereocenters. The van der Waals surface area contributed by atoms with Crippen molar-refractivity contribution in [2.24, 2.45) is 5.73 Å². The van der Waals surface area contributed by atoms with Gasteiger partial charge in [-0.2, -0.15) is 0 Å². The van der Waals surface area contributed by atoms with E-state index in [1.54, 1.807) is 11.3 Å². The quantitative estimate of drug-likeness (QED) is 0.908. The number of hydrogen-bond donors (Lipinski definition) is 1. The third-order valence-corrected chi connectivity index (χ3v) is 5.42. The lowest BCUT2D eigenvalue weighted by Crippen LogP contribution is -2.56. The molecule has 1 heterocycles. The van der Waals surface area contributed by atoms with Crippen LogP contribution in [0.4, 0.5) is 0 Å². The van der Waals surface area contributed by atoms with Crippen LogP contribution in [0.2, 0.25) is 0 Å². The second kappa shape index (κ2) is 6.37. The molecule has 0 spiro atoms. The number of halogens is 1. The first kappa shape index (κ1) is 15.0. The molecule has 5 heteroatoms. The van der Waals surface area contributed by atoms with Crippen LogP contribution in [0, 0.1) is 0 Å². The Balaban J connectivity index is 2.06. The van der Waals surface area contributed by atoms with Crippen molar-refractivity contribution >= 4 is 33.2 Å². The Hall–Kier alpha value is -0.390. The number of nitrogens with two attached hydrogens (primary N) is 1. The molecule has 2 rings (SSSR count). The van der Waals surface area contributed by atoms with Gasteiger partial charge in [0.15, 0.2) is 0 Å². The summed E-state index contributed by atoms with van der Waals surface area (Å²) in [7, 11) is 0. The van der Waals surface area contributed by atoms with E-state index < -0.39 is 5.54 Å². The van der Waals surface area contributed by atoms with E-state index in [0.29, 0.717) is 13.1 Å². The molecule has 1 fully saturated rings. The van der Waals surface area contributed by atoms with Crippen molar-refractivity contribution in [3.05, 3.63) is 20.8 Å². The monoisotopic (exact) mass is 344 g/mol. The zero-order valence-corrected chi connectivity index (χ0v) is 13.7. The molecule has 19 heavy (non-hydrogen) atoms. The fourth-order valence-electron chi connectivity index (χ4n) is 2.66. The van der Waals surface area contributed by atoms with Crippen molar-refractivity contribution in [2.75, 3.05) is 6.54 Å². The molecule has 1 aliphatic carbocycles. The Morgan fingerprint density at radius 1 is 1.42 bits per heavy atom. The molecule has 1 amide bonds. The molecular weight excluding hydrogens is 324 g/mol. The van der Waals surface area contributed by atoms with E-state index >= 15 is 0 Å². The highest BCUT2D eigenvalue weighted by molar-refractivity contribution is 9.11. The molecule has 2 N–H and O–H groups in total. The summed E-state index contributed by atoms with van der Waals surface area (Å²) in [6.45, 7) is 3.41. The van der Waals surface area contributed by atoms with Crippen LogP contribution in [0.15, 0.2) is 15.9 Å². The van der Waals surface area contributed by atoms with E-state index in [4.69, 9.17) is 5.73 Å². The third-order valence-electron chi connectivity index (χ3n) is 3.82. The minimum atomic E-state index is -0.622. The first-order chi connectivity index (χ1) is 9.05. The normalized spacial score (nSPS) is 18.3. The Bertz CT molecular complexity index is 440. The molecule has 0 aliphatic heterocycles. The van der Waals surface area contributed by atoms with Crippen LogP contribution in [-0.4, -0.2) is 22.9 Å². The predicted molar refractivity (Wildman–Crippen MR) is 83.1 cm³/mol. The summed E-state index contributed by atoms with van der Waals surface area (Å²) in [6, 6.07) is 4.09. The van der Waals surface area contributed by atoms with E-state index in [2.05, 4.69) is 22.0 Å². The van der Waals surface area contributed by atoms with E-state index in [9.17, 15) is 4.79 Å². The molecule has 106 valence electrons. The smallest absolute Gasteiger partial charge is 0.242 e. The van der Waals surface area contributed by atoms with Crippen molar-refractivity contribution in [1.29, 1.82) is 0 Å². The third kappa shape index (κ3) is 3.58. The Morgan fingerprint density at radius 3 is 2.63 bits per heavy atom. The number of amides is 1. The molecule has 0 aromatic carbocycles. The first-order valence-corrected chi connectivity index (χ1v) is 8.48. The van der Waals surface area contributed by atoms with Crippen LogP contribution in [-0.2, 0) is 11.3 Å². The molecule has 1 aliphatic rings. The molecule has 0 radical (unpaired) electrons. The van der Waals surface area contributed by atoms with Gasteiger partial charge in [0.1, 0.15) is 0 Å². The Labute approximate surface area is 127 Å². The van der Waals surface area contributed by atoms with Gasteiger partial charge < -0.3 is 10.6 Å². The van der Waals surface area contributed by atoms with Gasteiger partial charge >= 0.3 is 0 Å². The average Bonchev–Trinajstić information content (AvgIpc) is 2.81. The number of thiophene rings is 1. The minimum absolute atomic E-state index is 0.124. The number of likely N-dealkylation sites (N-methyl/N-ethyl adjacent to an activating group) is 1. The van der Waals surface area contributed by atoms with Crippen LogP contribution in [0.5, 0.6) is 0 Å². The summed E-state index contributed by atoms with van der Waals surface area (Å²) in [5.74, 6) is 0.124. The summed E-state index contributed by atoms with van der Waals surface area (Å²) in [6.07, 6.45) is 5.01. The number of carbonyl (C=O) groups excluding carboxylic acids is 1. The zero-order chi connectivity index (χ0) is 13.9. The van der Waals surface area contributed by atoms with Crippen LogP contribution in [0.1, 0.15) is 43.9 Å². The highest BCUT2D eigenvalue weighted by Crippen LogP contribution is 2.29. The largest absolute Gasteiger partial charge is 0.336 e. The number of carbonyl (C=O) groups is 1. The van der Waals surface area contributed by atoms with Crippen molar-refractivity contribution in [3.8, 4) is 0 Å². The zero-order valence-electron chi connectivity index (χ0n) is 11.3. The second-order valence-corrected chi connectivity index (χ2v) is 7.79. The minimum Gasteiger partial charge on any atom is -0.336 e. The number of hydrogen-bond acceptors (Lipinski definition) is 3. The van der Waals surface area contributed by atoms with Gasteiger partial charge in [-0.25, -0.2) is 0 Å². The molecule has 1 aromatic rings. The average molecular weight is 345 g/mol. The topological polar surface area (TPSA) is 46.3 Å². The van der Waals surface area contributed by atoms with Crippen molar-refractivity contribution < 1.29 is 4.79 Å². The van der Waals surface area contributed by atoms with Crippen molar-refractivity contribution in [2.45, 2.75) is 51.1 Å². The molecule has 3 nitrogen and oxygen atoms in total. The predicted octanol–water partition coefficient (Wildman–Crippen LogP) is 3.52. The van der Waals surface area contributed by atoms with Gasteiger partial charge in [-0.1, -0.05) is 19.3 Å². The van der Waals surface area contributed by atoms with Crippen molar-refractivity contribution in [1.82, 2.24) is 4.90 Å². The maximum absolute atomic E-state index is 12.7. The van der Waals surface area contributed by atoms with Gasteiger partial charge in [0, 0.05) is 11.4 Å². The van der Waals surface area contributed by atoms with Crippen LogP contribution in [0.3, 0.4) is 0 Å². The summed E-state index contributed by atoms with van der Waals surface area (Å²) < 4.78 is 1.10. The molecule has 1 aromatic heterocycles. The fraction of sp³-hybridized carbons (Fsp3) is 0.643. The van der Waals surface area contributed by atoms with Gasteiger partial charge in [-0.3, -0.25) is 4.79 Å².